The molecule has 11 heteroatoms. The first kappa shape index (κ1) is 20.9. The molecule has 7 nitrogen and oxygen atoms in total. The Labute approximate surface area is 153 Å². The number of aromatic carboxylic acids is 1. The molecule has 148 valence electrons. The molecule has 0 saturated heterocycles. The fraction of sp³-hybridized carbons (Fsp3) is 0.375. The Balaban J connectivity index is 2.32. The van der Waals surface area contributed by atoms with Crippen molar-refractivity contribution >= 4 is 16.0 Å². The molecule has 0 aliphatic heterocycles. The minimum absolute atomic E-state index is 0.0517. The Morgan fingerprint density at radius 3 is 2.52 bits per heavy atom. The number of benzene rings is 1. The number of hydrogen-bond acceptors (Lipinski definition) is 4. The summed E-state index contributed by atoms with van der Waals surface area (Å²) in [6.07, 6.45) is -3.67. The molecule has 0 radical (unpaired) electrons. The maximum absolute atomic E-state index is 13.1. The summed E-state index contributed by atoms with van der Waals surface area (Å²) in [5.74, 6) is -1.48. The monoisotopic (exact) mass is 405 g/mol. The highest BCUT2D eigenvalue weighted by atomic mass is 32.2. The number of nitrogens with one attached hydrogen (secondary N) is 1. The van der Waals surface area contributed by atoms with Gasteiger partial charge in [0.1, 0.15) is 4.90 Å². The number of sulfonamides is 1. The summed E-state index contributed by atoms with van der Waals surface area (Å²) in [7, 11) is -3.01. The van der Waals surface area contributed by atoms with Gasteiger partial charge < -0.3 is 5.11 Å². The lowest BCUT2D eigenvalue weighted by atomic mass is 9.99. The highest BCUT2D eigenvalue weighted by Crippen LogP contribution is 2.32. The molecule has 1 unspecified atom stereocenters. The maximum Gasteiger partial charge on any atom is 0.416 e. The van der Waals surface area contributed by atoms with Crippen LogP contribution in [0, 0.1) is 0 Å². The van der Waals surface area contributed by atoms with Crippen molar-refractivity contribution in [3.8, 4) is 0 Å². The van der Waals surface area contributed by atoms with Gasteiger partial charge >= 0.3 is 12.1 Å². The van der Waals surface area contributed by atoms with Crippen LogP contribution >= 0.6 is 0 Å². The number of aromatic nitrogens is 2. The number of carboxylic acid groups (broad SMARTS) is 1. The molecule has 1 heterocycles. The van der Waals surface area contributed by atoms with Crippen molar-refractivity contribution in [2.24, 2.45) is 7.05 Å². The number of hydrogen-bond donors (Lipinski definition) is 2. The van der Waals surface area contributed by atoms with Crippen LogP contribution in [0.3, 0.4) is 0 Å². The minimum atomic E-state index is -4.56. The van der Waals surface area contributed by atoms with Crippen LogP contribution in [0.25, 0.3) is 0 Å². The van der Waals surface area contributed by atoms with Crippen molar-refractivity contribution < 1.29 is 31.5 Å². The molecular weight excluding hydrogens is 387 g/mol. The molecule has 1 aromatic carbocycles. The second kappa shape index (κ2) is 7.69. The van der Waals surface area contributed by atoms with E-state index in [1.54, 1.807) is 6.92 Å². The summed E-state index contributed by atoms with van der Waals surface area (Å²) in [4.78, 5) is 10.7. The number of carbonyl (C=O) groups is 1. The predicted molar refractivity (Wildman–Crippen MR) is 89.7 cm³/mol. The number of halogens is 3. The lowest BCUT2D eigenvalue weighted by molar-refractivity contribution is -0.138. The third-order valence-electron chi connectivity index (χ3n) is 4.00. The summed E-state index contributed by atoms with van der Waals surface area (Å²) in [6, 6.07) is 4.05. The number of rotatable bonds is 7. The Morgan fingerprint density at radius 1 is 1.33 bits per heavy atom. The first-order chi connectivity index (χ1) is 12.5. The summed E-state index contributed by atoms with van der Waals surface area (Å²) < 4.78 is 67.7. The zero-order valence-electron chi connectivity index (χ0n) is 14.5. The summed E-state index contributed by atoms with van der Waals surface area (Å²) in [6.45, 7) is 1.62. The fourth-order valence-corrected chi connectivity index (χ4v) is 4.13. The fourth-order valence-electron chi connectivity index (χ4n) is 2.65. The van der Waals surface area contributed by atoms with E-state index < -0.39 is 44.4 Å². The highest BCUT2D eigenvalue weighted by molar-refractivity contribution is 7.89. The molecule has 2 N–H and O–H groups in total. The second-order valence-electron chi connectivity index (χ2n) is 5.87. The average Bonchev–Trinajstić information content (AvgIpc) is 2.96. The number of carboxylic acids is 1. The minimum Gasteiger partial charge on any atom is -0.476 e. The van der Waals surface area contributed by atoms with Crippen LogP contribution in [0.1, 0.15) is 35.0 Å². The smallest absolute Gasteiger partial charge is 0.416 e. The topological polar surface area (TPSA) is 101 Å². The van der Waals surface area contributed by atoms with Gasteiger partial charge in [-0.1, -0.05) is 25.1 Å². The van der Waals surface area contributed by atoms with Gasteiger partial charge in [-0.05, 0) is 24.5 Å². The van der Waals surface area contributed by atoms with E-state index in [1.165, 1.54) is 25.2 Å². The quantitative estimate of drug-likeness (QED) is 0.737. The molecule has 0 aliphatic carbocycles. The Morgan fingerprint density at radius 2 is 1.96 bits per heavy atom. The lowest BCUT2D eigenvalue weighted by Gasteiger charge is -2.19. The van der Waals surface area contributed by atoms with Crippen LogP contribution < -0.4 is 4.72 Å². The number of nitrogens with zero attached hydrogens (tertiary/aromatic N) is 2. The molecule has 0 aliphatic rings. The van der Waals surface area contributed by atoms with Gasteiger partial charge in [0.15, 0.2) is 5.69 Å². The predicted octanol–water partition coefficient (Wildman–Crippen LogP) is 2.44. The SMILES string of the molecule is CCC(Cc1ccccc1C(F)(F)F)NS(=O)(=O)c1cnn(C)c1C(=O)O. The average molecular weight is 405 g/mol. The summed E-state index contributed by atoms with van der Waals surface area (Å²) in [5.41, 5.74) is -1.42. The van der Waals surface area contributed by atoms with Crippen molar-refractivity contribution in [1.29, 1.82) is 0 Å². The molecule has 2 aromatic rings. The van der Waals surface area contributed by atoms with Gasteiger partial charge in [0.05, 0.1) is 11.8 Å². The van der Waals surface area contributed by atoms with Gasteiger partial charge in [0.25, 0.3) is 0 Å². The molecule has 0 spiro atoms. The number of alkyl halides is 3. The van der Waals surface area contributed by atoms with E-state index >= 15 is 0 Å². The van der Waals surface area contributed by atoms with Crippen LogP contribution in [0.2, 0.25) is 0 Å². The third-order valence-corrected chi connectivity index (χ3v) is 5.52. The van der Waals surface area contributed by atoms with Gasteiger partial charge in [0, 0.05) is 13.1 Å². The molecule has 2 rings (SSSR count). The first-order valence-corrected chi connectivity index (χ1v) is 9.38. The van der Waals surface area contributed by atoms with Crippen molar-refractivity contribution in [2.45, 2.75) is 36.9 Å². The number of aryl methyl sites for hydroxylation is 1. The highest BCUT2D eigenvalue weighted by Gasteiger charge is 2.34. The van der Waals surface area contributed by atoms with Gasteiger partial charge in [-0.3, -0.25) is 4.68 Å². The molecule has 0 amide bonds. The Bertz CT molecular complexity index is 939. The van der Waals surface area contributed by atoms with Crippen LogP contribution in [-0.2, 0) is 29.7 Å². The standard InChI is InChI=1S/C16H18F3N3O4S/c1-3-11(8-10-6-4-5-7-12(10)16(17,18)19)21-27(25,26)13-9-20-22(2)14(13)15(23)24/h4-7,9,11,21H,3,8H2,1-2H3,(H,23,24). The lowest BCUT2D eigenvalue weighted by Crippen LogP contribution is -2.37. The zero-order chi connectivity index (χ0) is 20.4. The van der Waals surface area contributed by atoms with Gasteiger partial charge in [0.2, 0.25) is 10.0 Å². The van der Waals surface area contributed by atoms with E-state index in [0.29, 0.717) is 0 Å². The Hall–Kier alpha value is -2.40. The van der Waals surface area contributed by atoms with E-state index in [1.807, 2.05) is 0 Å². The first-order valence-electron chi connectivity index (χ1n) is 7.90. The molecule has 1 aromatic heterocycles. The molecule has 0 saturated carbocycles. The van der Waals surface area contributed by atoms with Crippen LogP contribution in [0.15, 0.2) is 35.4 Å². The molecule has 0 fully saturated rings. The van der Waals surface area contributed by atoms with Gasteiger partial charge in [-0.2, -0.15) is 18.3 Å². The summed E-state index contributed by atoms with van der Waals surface area (Å²) >= 11 is 0. The van der Waals surface area contributed by atoms with E-state index in [4.69, 9.17) is 0 Å². The van der Waals surface area contributed by atoms with Crippen molar-refractivity contribution in [3.05, 3.63) is 47.3 Å². The van der Waals surface area contributed by atoms with Crippen LogP contribution in [-0.4, -0.2) is 35.3 Å². The van der Waals surface area contributed by atoms with Crippen LogP contribution in [0.5, 0.6) is 0 Å². The largest absolute Gasteiger partial charge is 0.476 e. The molecule has 1 atom stereocenters. The Kier molecular flexibility index (Phi) is 5.95. The second-order valence-corrected chi connectivity index (χ2v) is 7.55. The van der Waals surface area contributed by atoms with Crippen molar-refractivity contribution in [1.82, 2.24) is 14.5 Å². The van der Waals surface area contributed by atoms with E-state index in [9.17, 15) is 31.5 Å². The maximum atomic E-state index is 13.1. The summed E-state index contributed by atoms with van der Waals surface area (Å²) in [5, 5.41) is 12.8. The van der Waals surface area contributed by atoms with Gasteiger partial charge in [-0.15, -0.1) is 0 Å². The normalized spacial score (nSPS) is 13.5. The van der Waals surface area contributed by atoms with Crippen LogP contribution in [0.4, 0.5) is 13.2 Å². The molecular formula is C16H18F3N3O4S. The zero-order valence-corrected chi connectivity index (χ0v) is 15.3. The van der Waals surface area contributed by atoms with Crippen molar-refractivity contribution in [2.75, 3.05) is 0 Å². The molecule has 0 bridgehead atoms. The van der Waals surface area contributed by atoms with E-state index in [0.717, 1.165) is 16.9 Å². The van der Waals surface area contributed by atoms with Crippen molar-refractivity contribution in [3.63, 3.8) is 0 Å². The molecule has 27 heavy (non-hydrogen) atoms. The van der Waals surface area contributed by atoms with E-state index in [2.05, 4.69) is 9.82 Å². The van der Waals surface area contributed by atoms with Gasteiger partial charge in [-0.25, -0.2) is 17.9 Å². The van der Waals surface area contributed by atoms with E-state index in [-0.39, 0.29) is 18.4 Å². The third kappa shape index (κ3) is 4.66.